The summed E-state index contributed by atoms with van der Waals surface area (Å²) in [5.41, 5.74) is 0. The van der Waals surface area contributed by atoms with Crippen LogP contribution in [0.25, 0.3) is 0 Å². The maximum Gasteiger partial charge on any atom is 1.00 e. The normalized spacial score (nSPS) is 19.4. The predicted molar refractivity (Wildman–Crippen MR) is 222 cm³/mol. The smallest absolute Gasteiger partial charge is 0.870 e. The fraction of sp³-hybridized carbons (Fsp3) is 0.784. The first-order valence-electron chi connectivity index (χ1n) is 18.7. The molecule has 10 N–H and O–H groups in total. The number of hydrogen-bond donors (Lipinski definition) is 3. The maximum atomic E-state index is 10.8. The number of methoxy groups -OCH3 is 4. The average molecular weight is 1160 g/mol. The van der Waals surface area contributed by atoms with Gasteiger partial charge in [0.2, 0.25) is 6.29 Å². The molecule has 0 amide bonds. The first-order valence-corrected chi connectivity index (χ1v) is 22.6. The Bertz CT molecular complexity index is 1200. The second-order valence-electron chi connectivity index (χ2n) is 11.7. The van der Waals surface area contributed by atoms with Crippen LogP contribution in [0.3, 0.4) is 0 Å². The van der Waals surface area contributed by atoms with Crippen molar-refractivity contribution in [2.45, 2.75) is 138 Å². The fourth-order valence-electron chi connectivity index (χ4n) is 3.71. The van der Waals surface area contributed by atoms with Gasteiger partial charge in [-0.15, -0.1) is 0 Å². The van der Waals surface area contributed by atoms with Gasteiger partial charge in [-0.2, -0.15) is 0 Å². The van der Waals surface area contributed by atoms with Crippen LogP contribution in [0.1, 0.15) is 88.0 Å². The van der Waals surface area contributed by atoms with E-state index in [0.29, 0.717) is 19.6 Å². The number of aliphatic hydroxyl groups excluding tert-OH is 2. The first kappa shape index (κ1) is 83.3. The van der Waals surface area contributed by atoms with E-state index in [1.807, 2.05) is 27.7 Å². The third-order valence-electron chi connectivity index (χ3n) is 6.40. The summed E-state index contributed by atoms with van der Waals surface area (Å²) in [6, 6.07) is 0. The van der Waals surface area contributed by atoms with Crippen molar-refractivity contribution in [2.75, 3.05) is 54.9 Å². The van der Waals surface area contributed by atoms with Gasteiger partial charge in [-0.1, -0.05) is 27.7 Å². The summed E-state index contributed by atoms with van der Waals surface area (Å²) < 4.78 is 57.7. The van der Waals surface area contributed by atoms with Crippen molar-refractivity contribution < 1.29 is 151 Å². The predicted octanol–water partition coefficient (Wildman–Crippen LogP) is -5.05. The van der Waals surface area contributed by atoms with Gasteiger partial charge in [0.05, 0.1) is 34.0 Å². The van der Waals surface area contributed by atoms with Crippen LogP contribution in [0.5, 0.6) is 0 Å². The van der Waals surface area contributed by atoms with Gasteiger partial charge in [-0.3, -0.25) is 14.4 Å². The number of carboxylic acid groups (broad SMARTS) is 1. The number of hydrogen-bond acceptors (Lipinski definition) is 23. The minimum absolute atomic E-state index is 0. The number of carbonyl (C=O) groups excluding carboxylic acids is 7. The van der Waals surface area contributed by atoms with Crippen molar-refractivity contribution >= 4 is 66.7 Å². The van der Waals surface area contributed by atoms with Gasteiger partial charge < -0.3 is 94.1 Å². The Morgan fingerprint density at radius 3 is 1.23 bits per heavy atom. The summed E-state index contributed by atoms with van der Waals surface area (Å²) in [4.78, 5) is 81.5. The third-order valence-corrected chi connectivity index (χ3v) is 9.14. The SMILES string of the molecule is CC(=O)OC(C)=O.CCC(OC)OC.CCC1OCC(C(=O)O)O1.CCC1OCC(C(=O)OC)O1.CCC1OCC(OC(C)=O)O1.COC(=O)C(O)CO.C[C](=O)[Pb][C](C)=O.O.O.O.[Li+].[OH-]. The molecule has 0 bridgehead atoms. The molecule has 0 aromatic carbocycles. The number of ether oxygens (including phenoxy) is 12. The zero-order valence-electron chi connectivity index (χ0n) is 40.2. The van der Waals surface area contributed by atoms with Gasteiger partial charge in [0, 0.05) is 35.0 Å². The molecule has 7 atom stereocenters. The van der Waals surface area contributed by atoms with Gasteiger partial charge in [-0.05, 0) is 25.7 Å². The molecule has 7 unspecified atom stereocenters. The van der Waals surface area contributed by atoms with Crippen molar-refractivity contribution in [1.82, 2.24) is 0 Å². The Kier molecular flexibility index (Phi) is 67.3. The summed E-state index contributed by atoms with van der Waals surface area (Å²) in [6.07, 6.45) is -0.811. The van der Waals surface area contributed by atoms with E-state index in [0.717, 1.165) is 26.4 Å². The number of esters is 5. The number of aliphatic hydroxyl groups is 2. The summed E-state index contributed by atoms with van der Waals surface area (Å²) in [5, 5.41) is 24.9. The Morgan fingerprint density at radius 2 is 1.03 bits per heavy atom. The molecule has 3 fully saturated rings. The van der Waals surface area contributed by atoms with Crippen LogP contribution in [-0.4, -0.2) is 209 Å². The van der Waals surface area contributed by atoms with Gasteiger partial charge in [0.15, 0.2) is 43.5 Å². The molecule has 3 heterocycles. The van der Waals surface area contributed by atoms with Crippen molar-refractivity contribution in [3.05, 3.63) is 0 Å². The van der Waals surface area contributed by atoms with Gasteiger partial charge in [0.1, 0.15) is 6.61 Å². The molecule has 29 heteroatoms. The van der Waals surface area contributed by atoms with Crippen LogP contribution >= 0.6 is 0 Å². The summed E-state index contributed by atoms with van der Waals surface area (Å²) in [6.45, 7) is 14.7. The van der Waals surface area contributed by atoms with E-state index in [9.17, 15) is 38.4 Å². The first-order chi connectivity index (χ1) is 28.5. The summed E-state index contributed by atoms with van der Waals surface area (Å²) >= 11 is -1.43. The molecule has 0 saturated carbocycles. The monoisotopic (exact) mass is 1160 g/mol. The Morgan fingerprint density at radius 1 is 0.636 bits per heavy atom. The van der Waals surface area contributed by atoms with Gasteiger partial charge in [-0.25, -0.2) is 14.4 Å². The molecular weight excluding hydrogens is 1090 g/mol. The van der Waals surface area contributed by atoms with E-state index in [1.54, 1.807) is 14.2 Å². The van der Waals surface area contributed by atoms with Crippen LogP contribution in [0, 0.1) is 0 Å². The largest absolute Gasteiger partial charge is 1.00 e. The van der Waals surface area contributed by atoms with E-state index in [-0.39, 0.29) is 91.2 Å². The van der Waals surface area contributed by atoms with Crippen LogP contribution in [0.2, 0.25) is 0 Å². The molecule has 0 aromatic heterocycles. The van der Waals surface area contributed by atoms with Crippen molar-refractivity contribution in [3.8, 4) is 0 Å². The Balaban J connectivity index is -0.0000000818. The van der Waals surface area contributed by atoms with Crippen LogP contribution in [0.4, 0.5) is 0 Å². The summed E-state index contributed by atoms with van der Waals surface area (Å²) in [5.74, 6) is -3.58. The van der Waals surface area contributed by atoms with E-state index in [4.69, 9.17) is 58.0 Å². The zero-order chi connectivity index (χ0) is 48.1. The molecule has 27 nitrogen and oxygen atoms in total. The minimum Gasteiger partial charge on any atom is -0.870 e. The molecular formula is C37H73LiO27Pb. The van der Waals surface area contributed by atoms with Crippen molar-refractivity contribution in [2.24, 2.45) is 0 Å². The van der Waals surface area contributed by atoms with E-state index in [1.165, 1.54) is 41.7 Å². The molecule has 3 aliphatic rings. The molecule has 0 aromatic rings. The van der Waals surface area contributed by atoms with Crippen LogP contribution in [0.15, 0.2) is 0 Å². The van der Waals surface area contributed by atoms with Crippen LogP contribution < -0.4 is 18.9 Å². The zero-order valence-corrected chi connectivity index (χ0v) is 44.1. The van der Waals surface area contributed by atoms with Gasteiger partial charge in [0.25, 0.3) is 0 Å². The number of aliphatic carboxylic acids is 1. The number of carboxylic acids is 1. The summed E-state index contributed by atoms with van der Waals surface area (Å²) in [7, 11) is 5.75. The molecule has 388 valence electrons. The second-order valence-corrected chi connectivity index (χ2v) is 18.1. The maximum absolute atomic E-state index is 10.8. The molecule has 3 rings (SSSR count). The molecule has 0 spiro atoms. The molecule has 66 heavy (non-hydrogen) atoms. The van der Waals surface area contributed by atoms with Crippen molar-refractivity contribution in [3.63, 3.8) is 0 Å². The standard InChI is InChI=1S/2C7H12O4.C6H10O4.C5H12O2.C4H8O4.C4H6O3.2C2H3O.Li.4H2O.Pb/c1-3-6-10-4-5(11-6)7(8)9-2;1-3-6-9-4-7(11-6)10-5(2)8;1-2-5-9-3-4(10-5)6(7)8;1-4-5(6-2)7-3;1-8-4(7)3(6)2-5;1-3(5)7-4(2)6;2*1-2-3;;;;;;/h5-6H,3-4H2,1-2H3;6-7H,3-4H2,1-2H3;4-5H,2-3H2,1H3,(H,7,8);5H,4H2,1-3H3;3,5-6H,2H2,1H3;1-2H3;2*1H3;;4*1H2;/q;;;;;;;;+1;;;;;/p-1. The van der Waals surface area contributed by atoms with E-state index >= 15 is 0 Å². The van der Waals surface area contributed by atoms with Crippen molar-refractivity contribution in [1.29, 1.82) is 0 Å². The second kappa shape index (κ2) is 53.3. The number of carbonyl (C=O) groups is 8. The van der Waals surface area contributed by atoms with Crippen LogP contribution in [-0.2, 0) is 95.2 Å². The van der Waals surface area contributed by atoms with Gasteiger partial charge >= 0.3 is 109 Å². The Labute approximate surface area is 408 Å². The molecule has 0 aliphatic carbocycles. The topological polar surface area (TPSA) is 433 Å². The van der Waals surface area contributed by atoms with E-state index < -0.39 is 79.3 Å². The molecule has 3 saturated heterocycles. The quantitative estimate of drug-likeness (QED) is 0.0511. The molecule has 2 radical (unpaired) electrons. The average Bonchev–Trinajstić information content (AvgIpc) is 4.00. The fourth-order valence-corrected chi connectivity index (χ4v) is 5.64. The Hall–Kier alpha value is -2.68. The third kappa shape index (κ3) is 50.7. The number of rotatable bonds is 13. The minimum atomic E-state index is -1.43. The molecule has 3 aliphatic heterocycles. The van der Waals surface area contributed by atoms with E-state index in [2.05, 4.69) is 14.2 Å².